The number of anilines is 1. The number of ether oxygens (including phenoxy) is 1. The highest BCUT2D eigenvalue weighted by atomic mass is 16.5. The molecule has 0 aliphatic rings. The van der Waals surface area contributed by atoms with Crippen LogP contribution in [0.3, 0.4) is 0 Å². The summed E-state index contributed by atoms with van der Waals surface area (Å²) in [5.41, 5.74) is 0.654. The monoisotopic (exact) mass is 239 g/mol. The van der Waals surface area contributed by atoms with Crippen molar-refractivity contribution in [3.63, 3.8) is 0 Å². The highest BCUT2D eigenvalue weighted by Crippen LogP contribution is 2.27. The first-order valence-corrected chi connectivity index (χ1v) is 4.95. The summed E-state index contributed by atoms with van der Waals surface area (Å²) >= 11 is 0. The number of phenolic OH excluding ortho intramolecular Hbond substituents is 1. The molecule has 0 aliphatic carbocycles. The molecule has 5 nitrogen and oxygen atoms in total. The second-order valence-corrected chi connectivity index (χ2v) is 3.05. The predicted molar refractivity (Wildman–Crippen MR) is 66.7 cm³/mol. The zero-order chi connectivity index (χ0) is 13.3. The van der Waals surface area contributed by atoms with Crippen LogP contribution in [0, 0.1) is 0 Å². The van der Waals surface area contributed by atoms with E-state index in [0.717, 1.165) is 6.92 Å². The van der Waals surface area contributed by atoms with Gasteiger partial charge in [0, 0.05) is 20.0 Å². The molecule has 0 heterocycles. The van der Waals surface area contributed by atoms with E-state index in [4.69, 9.17) is 14.6 Å². The Kier molecular flexibility index (Phi) is 7.01. The Labute approximate surface area is 100 Å². The number of carboxylic acid groups (broad SMARTS) is 1. The molecular formula is C12H17NO4. The van der Waals surface area contributed by atoms with Gasteiger partial charge >= 0.3 is 0 Å². The molecule has 0 radical (unpaired) electrons. The SMILES string of the molecule is C=CCOc1ccc(O)c(NC)c1.CC(=O)O. The summed E-state index contributed by atoms with van der Waals surface area (Å²) in [5.74, 6) is 0.0931. The number of hydrogen-bond acceptors (Lipinski definition) is 4. The maximum atomic E-state index is 9.32. The fourth-order valence-corrected chi connectivity index (χ4v) is 0.960. The van der Waals surface area contributed by atoms with Crippen LogP contribution in [0.25, 0.3) is 0 Å². The van der Waals surface area contributed by atoms with Gasteiger partial charge in [-0.15, -0.1) is 0 Å². The van der Waals surface area contributed by atoms with Crippen molar-refractivity contribution in [2.24, 2.45) is 0 Å². The lowest BCUT2D eigenvalue weighted by Gasteiger charge is -2.07. The normalized spacial score (nSPS) is 8.59. The number of aliphatic carboxylic acids is 1. The number of phenols is 1. The summed E-state index contributed by atoms with van der Waals surface area (Å²) in [5, 5.41) is 19.6. The van der Waals surface area contributed by atoms with E-state index in [2.05, 4.69) is 11.9 Å². The van der Waals surface area contributed by atoms with Crippen molar-refractivity contribution in [1.82, 2.24) is 0 Å². The number of carboxylic acids is 1. The third-order valence-electron chi connectivity index (χ3n) is 1.61. The van der Waals surface area contributed by atoms with Crippen molar-refractivity contribution in [3.8, 4) is 11.5 Å². The van der Waals surface area contributed by atoms with Crippen molar-refractivity contribution in [2.45, 2.75) is 6.92 Å². The van der Waals surface area contributed by atoms with Gasteiger partial charge in [-0.2, -0.15) is 0 Å². The Morgan fingerprint density at radius 2 is 2.18 bits per heavy atom. The summed E-state index contributed by atoms with van der Waals surface area (Å²) in [6.07, 6.45) is 1.67. The quantitative estimate of drug-likeness (QED) is 0.554. The van der Waals surface area contributed by atoms with Crippen LogP contribution in [0.5, 0.6) is 11.5 Å². The molecular weight excluding hydrogens is 222 g/mol. The summed E-state index contributed by atoms with van der Waals surface area (Å²) in [6, 6.07) is 5.03. The highest BCUT2D eigenvalue weighted by molar-refractivity contribution is 5.63. The van der Waals surface area contributed by atoms with E-state index in [1.807, 2.05) is 0 Å². The Hall–Kier alpha value is -2.17. The van der Waals surface area contributed by atoms with Crippen LogP contribution in [-0.2, 0) is 4.79 Å². The van der Waals surface area contributed by atoms with E-state index in [0.29, 0.717) is 18.0 Å². The zero-order valence-corrected chi connectivity index (χ0v) is 9.93. The summed E-state index contributed by atoms with van der Waals surface area (Å²) in [7, 11) is 1.74. The molecule has 1 aromatic rings. The molecule has 0 saturated heterocycles. The van der Waals surface area contributed by atoms with Crippen LogP contribution < -0.4 is 10.1 Å². The van der Waals surface area contributed by atoms with Gasteiger partial charge in [-0.1, -0.05) is 12.7 Å². The van der Waals surface area contributed by atoms with E-state index >= 15 is 0 Å². The molecule has 5 heteroatoms. The lowest BCUT2D eigenvalue weighted by atomic mass is 10.3. The first-order valence-electron chi connectivity index (χ1n) is 4.95. The molecule has 17 heavy (non-hydrogen) atoms. The smallest absolute Gasteiger partial charge is 0.300 e. The molecule has 0 unspecified atom stereocenters. The van der Waals surface area contributed by atoms with Crippen molar-refractivity contribution in [1.29, 1.82) is 0 Å². The number of hydrogen-bond donors (Lipinski definition) is 3. The topological polar surface area (TPSA) is 78.8 Å². The van der Waals surface area contributed by atoms with Crippen LogP contribution >= 0.6 is 0 Å². The number of rotatable bonds is 4. The molecule has 0 atom stereocenters. The Morgan fingerprint density at radius 1 is 1.59 bits per heavy atom. The molecule has 0 fully saturated rings. The summed E-state index contributed by atoms with van der Waals surface area (Å²) in [6.45, 7) is 5.10. The second-order valence-electron chi connectivity index (χ2n) is 3.05. The lowest BCUT2D eigenvalue weighted by Crippen LogP contribution is -1.94. The van der Waals surface area contributed by atoms with Crippen molar-refractivity contribution < 1.29 is 19.7 Å². The largest absolute Gasteiger partial charge is 0.506 e. The fraction of sp³-hybridized carbons (Fsp3) is 0.250. The minimum atomic E-state index is -0.833. The van der Waals surface area contributed by atoms with Crippen LogP contribution in [0.1, 0.15) is 6.92 Å². The van der Waals surface area contributed by atoms with Gasteiger partial charge in [-0.3, -0.25) is 4.79 Å². The molecule has 0 aliphatic heterocycles. The lowest BCUT2D eigenvalue weighted by molar-refractivity contribution is -0.134. The van der Waals surface area contributed by atoms with E-state index in [1.54, 1.807) is 31.3 Å². The van der Waals surface area contributed by atoms with E-state index in [9.17, 15) is 5.11 Å². The second kappa shape index (κ2) is 8.04. The average Bonchev–Trinajstić information content (AvgIpc) is 2.27. The third kappa shape index (κ3) is 6.83. The van der Waals surface area contributed by atoms with Gasteiger partial charge < -0.3 is 20.3 Å². The van der Waals surface area contributed by atoms with Gasteiger partial charge in [0.1, 0.15) is 18.1 Å². The summed E-state index contributed by atoms with van der Waals surface area (Å²) in [4.78, 5) is 9.00. The van der Waals surface area contributed by atoms with Gasteiger partial charge in [-0.05, 0) is 12.1 Å². The minimum Gasteiger partial charge on any atom is -0.506 e. The van der Waals surface area contributed by atoms with Crippen molar-refractivity contribution in [3.05, 3.63) is 30.9 Å². The standard InChI is InChI=1S/C10H13NO2.C2H4O2/c1-3-6-13-8-4-5-10(12)9(7-8)11-2;1-2(3)4/h3-5,7,11-12H,1,6H2,2H3;1H3,(H,3,4). The molecule has 0 bridgehead atoms. The highest BCUT2D eigenvalue weighted by Gasteiger charge is 2.00. The first kappa shape index (κ1) is 14.8. The zero-order valence-electron chi connectivity index (χ0n) is 9.93. The summed E-state index contributed by atoms with van der Waals surface area (Å²) < 4.78 is 5.28. The first-order chi connectivity index (χ1) is 8.01. The van der Waals surface area contributed by atoms with Crippen LogP contribution in [0.2, 0.25) is 0 Å². The Bertz CT molecular complexity index is 373. The van der Waals surface area contributed by atoms with Gasteiger partial charge in [0.15, 0.2) is 0 Å². The molecule has 1 rings (SSSR count). The van der Waals surface area contributed by atoms with Crippen LogP contribution in [-0.4, -0.2) is 29.8 Å². The molecule has 0 spiro atoms. The fourth-order valence-electron chi connectivity index (χ4n) is 0.960. The average molecular weight is 239 g/mol. The van der Waals surface area contributed by atoms with Gasteiger partial charge in [0.05, 0.1) is 5.69 Å². The Morgan fingerprint density at radius 3 is 2.65 bits per heavy atom. The van der Waals surface area contributed by atoms with E-state index in [-0.39, 0.29) is 5.75 Å². The molecule has 94 valence electrons. The Balaban J connectivity index is 0.000000557. The maximum Gasteiger partial charge on any atom is 0.300 e. The van der Waals surface area contributed by atoms with E-state index < -0.39 is 5.97 Å². The van der Waals surface area contributed by atoms with Gasteiger partial charge in [-0.25, -0.2) is 0 Å². The van der Waals surface area contributed by atoms with Crippen molar-refractivity contribution >= 4 is 11.7 Å². The predicted octanol–water partition coefficient (Wildman–Crippen LogP) is 2.09. The number of nitrogens with one attached hydrogen (secondary N) is 1. The minimum absolute atomic E-state index is 0.216. The molecule has 0 amide bonds. The number of carbonyl (C=O) groups is 1. The van der Waals surface area contributed by atoms with Gasteiger partial charge in [0.25, 0.3) is 5.97 Å². The van der Waals surface area contributed by atoms with Crippen molar-refractivity contribution in [2.75, 3.05) is 19.0 Å². The molecule has 1 aromatic carbocycles. The molecule has 3 N–H and O–H groups in total. The van der Waals surface area contributed by atoms with Crippen LogP contribution in [0.4, 0.5) is 5.69 Å². The maximum absolute atomic E-state index is 9.32. The number of aromatic hydroxyl groups is 1. The molecule has 0 aromatic heterocycles. The van der Waals surface area contributed by atoms with Crippen LogP contribution in [0.15, 0.2) is 30.9 Å². The van der Waals surface area contributed by atoms with Gasteiger partial charge in [0.2, 0.25) is 0 Å². The molecule has 0 saturated carbocycles. The van der Waals surface area contributed by atoms with E-state index in [1.165, 1.54) is 0 Å². The number of benzene rings is 1. The third-order valence-corrected chi connectivity index (χ3v) is 1.61.